The maximum absolute atomic E-state index is 14.0. The third-order valence-corrected chi connectivity index (χ3v) is 7.49. The molecule has 4 aliphatic rings. The van der Waals surface area contributed by atoms with Crippen LogP contribution in [0.15, 0.2) is 28.1 Å². The molecule has 4 heterocycles. The minimum Gasteiger partial charge on any atom is -0.410 e. The topological polar surface area (TPSA) is 77.5 Å². The van der Waals surface area contributed by atoms with Gasteiger partial charge >= 0.3 is 6.09 Å². The van der Waals surface area contributed by atoms with E-state index < -0.39 is 11.9 Å². The van der Waals surface area contributed by atoms with Gasteiger partial charge in [0, 0.05) is 37.8 Å². The second-order valence-electron chi connectivity index (χ2n) is 8.76. The van der Waals surface area contributed by atoms with E-state index in [2.05, 4.69) is 15.3 Å². The molecule has 5 rings (SSSR count). The Bertz CT molecular complexity index is 988. The molecule has 0 radical (unpaired) electrons. The number of ether oxygens (including phenoxy) is 1. The van der Waals surface area contributed by atoms with Gasteiger partial charge in [0.1, 0.15) is 11.6 Å². The monoisotopic (exact) mass is 473 g/mol. The fraction of sp³-hybridized carbons (Fsp3) is 0.522. The van der Waals surface area contributed by atoms with Crippen LogP contribution >= 0.6 is 11.8 Å². The average molecular weight is 474 g/mol. The van der Waals surface area contributed by atoms with Crippen LogP contribution in [0.25, 0.3) is 6.08 Å². The molecule has 176 valence electrons. The Kier molecular flexibility index (Phi) is 6.66. The molecule has 10 heteroatoms. The van der Waals surface area contributed by atoms with Crippen LogP contribution in [-0.4, -0.2) is 77.3 Å². The third-order valence-electron chi connectivity index (χ3n) is 6.49. The SMILES string of the molecule is O=C1N=C(N2CCCCN2)SC1=Cc1cc(F)ccc1OC(=O)N1CC[C@H](N2CCCC2)C1. The quantitative estimate of drug-likeness (QED) is 0.676. The van der Waals surface area contributed by atoms with Gasteiger partial charge in [-0.15, -0.1) is 0 Å². The maximum Gasteiger partial charge on any atom is 0.415 e. The van der Waals surface area contributed by atoms with E-state index in [-0.39, 0.29) is 11.7 Å². The number of nitrogens with one attached hydrogen (secondary N) is 1. The molecule has 33 heavy (non-hydrogen) atoms. The van der Waals surface area contributed by atoms with Gasteiger partial charge in [0.25, 0.3) is 5.91 Å². The minimum atomic E-state index is -0.466. The first-order chi connectivity index (χ1) is 16.1. The van der Waals surface area contributed by atoms with Gasteiger partial charge in [0.15, 0.2) is 5.17 Å². The fourth-order valence-electron chi connectivity index (χ4n) is 4.70. The van der Waals surface area contributed by atoms with E-state index in [1.165, 1.54) is 42.8 Å². The highest BCUT2D eigenvalue weighted by Crippen LogP contribution is 2.33. The van der Waals surface area contributed by atoms with E-state index in [0.717, 1.165) is 45.4 Å². The van der Waals surface area contributed by atoms with Crippen molar-refractivity contribution < 1.29 is 18.7 Å². The largest absolute Gasteiger partial charge is 0.415 e. The number of thioether (sulfide) groups is 1. The number of carbonyl (C=O) groups excluding carboxylic acids is 2. The Morgan fingerprint density at radius 1 is 1.18 bits per heavy atom. The summed E-state index contributed by atoms with van der Waals surface area (Å²) in [4.78, 5) is 34.0. The Labute approximate surface area is 196 Å². The molecule has 0 saturated carbocycles. The Morgan fingerprint density at radius 3 is 2.79 bits per heavy atom. The molecule has 0 spiro atoms. The van der Waals surface area contributed by atoms with Crippen LogP contribution in [0, 0.1) is 5.82 Å². The van der Waals surface area contributed by atoms with Crippen LogP contribution < -0.4 is 10.2 Å². The predicted octanol–water partition coefficient (Wildman–Crippen LogP) is 3.07. The summed E-state index contributed by atoms with van der Waals surface area (Å²) >= 11 is 1.24. The highest BCUT2D eigenvalue weighted by molar-refractivity contribution is 8.18. The van der Waals surface area contributed by atoms with Crippen LogP contribution in [0.3, 0.4) is 0 Å². The van der Waals surface area contributed by atoms with Gasteiger partial charge in [-0.2, -0.15) is 4.99 Å². The second kappa shape index (κ2) is 9.82. The summed E-state index contributed by atoms with van der Waals surface area (Å²) in [5, 5.41) is 2.47. The van der Waals surface area contributed by atoms with E-state index in [1.54, 1.807) is 11.0 Å². The van der Waals surface area contributed by atoms with Crippen LogP contribution in [0.2, 0.25) is 0 Å². The zero-order chi connectivity index (χ0) is 22.8. The molecule has 0 unspecified atom stereocenters. The van der Waals surface area contributed by atoms with Gasteiger partial charge < -0.3 is 9.64 Å². The summed E-state index contributed by atoms with van der Waals surface area (Å²) in [6.07, 6.45) is 6.58. The Hall–Kier alpha value is -2.43. The summed E-state index contributed by atoms with van der Waals surface area (Å²) in [7, 11) is 0. The minimum absolute atomic E-state index is 0.233. The van der Waals surface area contributed by atoms with Crippen molar-refractivity contribution in [2.75, 3.05) is 39.3 Å². The lowest BCUT2D eigenvalue weighted by Crippen LogP contribution is -2.45. The van der Waals surface area contributed by atoms with Crippen LogP contribution in [0.4, 0.5) is 9.18 Å². The summed E-state index contributed by atoms with van der Waals surface area (Å²) in [5.41, 5.74) is 3.58. The number of amides is 2. The molecule has 0 aromatic heterocycles. The van der Waals surface area contributed by atoms with Crippen molar-refractivity contribution in [1.82, 2.24) is 20.2 Å². The standard InChI is InChI=1S/C23H28FN5O3S/c24-17-5-6-19(32-23(31)28-12-7-18(15-28)27-9-3-4-10-27)16(13-17)14-20-21(30)26-22(33-20)29-11-2-1-8-25-29/h5-6,13-14,18,25H,1-4,7-12,15H2/t18-/m0/s1. The lowest BCUT2D eigenvalue weighted by Gasteiger charge is -2.28. The number of nitrogens with zero attached hydrogens (tertiary/aromatic N) is 4. The average Bonchev–Trinajstić information content (AvgIpc) is 3.57. The van der Waals surface area contributed by atoms with Crippen molar-refractivity contribution in [3.63, 3.8) is 0 Å². The summed E-state index contributed by atoms with van der Waals surface area (Å²) in [6.45, 7) is 5.09. The van der Waals surface area contributed by atoms with E-state index >= 15 is 0 Å². The molecule has 1 aromatic carbocycles. The Morgan fingerprint density at radius 2 is 2.00 bits per heavy atom. The maximum atomic E-state index is 14.0. The molecule has 1 N–H and O–H groups in total. The molecule has 3 saturated heterocycles. The first kappa shape index (κ1) is 22.4. The summed E-state index contributed by atoms with van der Waals surface area (Å²) in [6, 6.07) is 4.34. The lowest BCUT2D eigenvalue weighted by molar-refractivity contribution is -0.113. The number of benzene rings is 1. The number of hydrogen-bond acceptors (Lipinski definition) is 7. The number of likely N-dealkylation sites (tertiary alicyclic amines) is 2. The van der Waals surface area contributed by atoms with Crippen molar-refractivity contribution >= 4 is 35.0 Å². The number of hydrazine groups is 1. The van der Waals surface area contributed by atoms with Gasteiger partial charge in [-0.05, 0) is 81.2 Å². The van der Waals surface area contributed by atoms with Crippen LogP contribution in [-0.2, 0) is 4.79 Å². The van der Waals surface area contributed by atoms with Crippen molar-refractivity contribution in [3.05, 3.63) is 34.5 Å². The summed E-state index contributed by atoms with van der Waals surface area (Å²) in [5.74, 6) is -0.611. The summed E-state index contributed by atoms with van der Waals surface area (Å²) < 4.78 is 19.7. The first-order valence-electron chi connectivity index (χ1n) is 11.6. The number of hydrogen-bond donors (Lipinski definition) is 1. The number of rotatable bonds is 3. The predicted molar refractivity (Wildman–Crippen MR) is 125 cm³/mol. The molecule has 1 aromatic rings. The second-order valence-corrected chi connectivity index (χ2v) is 9.77. The lowest BCUT2D eigenvalue weighted by atomic mass is 10.2. The molecule has 2 amide bonds. The third kappa shape index (κ3) is 5.07. The van der Waals surface area contributed by atoms with E-state index in [0.29, 0.717) is 34.8 Å². The first-order valence-corrected chi connectivity index (χ1v) is 12.4. The molecular weight excluding hydrogens is 445 g/mol. The van der Waals surface area contributed by atoms with Gasteiger partial charge in [0.05, 0.1) is 4.91 Å². The number of halogens is 1. The Balaban J connectivity index is 1.27. The molecular formula is C23H28FN5O3S. The molecule has 3 fully saturated rings. The smallest absolute Gasteiger partial charge is 0.410 e. The number of amidine groups is 1. The van der Waals surface area contributed by atoms with Gasteiger partial charge in [-0.3, -0.25) is 14.7 Å². The molecule has 0 bridgehead atoms. The molecule has 8 nitrogen and oxygen atoms in total. The zero-order valence-corrected chi connectivity index (χ0v) is 19.3. The fourth-order valence-corrected chi connectivity index (χ4v) is 5.61. The van der Waals surface area contributed by atoms with E-state index in [9.17, 15) is 14.0 Å². The van der Waals surface area contributed by atoms with Crippen LogP contribution in [0.1, 0.15) is 37.7 Å². The van der Waals surface area contributed by atoms with Crippen molar-refractivity contribution in [3.8, 4) is 5.75 Å². The highest BCUT2D eigenvalue weighted by Gasteiger charge is 2.33. The molecule has 0 aliphatic carbocycles. The van der Waals surface area contributed by atoms with Crippen molar-refractivity contribution in [2.45, 2.75) is 38.1 Å². The molecule has 1 atom stereocenters. The van der Waals surface area contributed by atoms with E-state index in [4.69, 9.17) is 4.74 Å². The van der Waals surface area contributed by atoms with Crippen molar-refractivity contribution in [1.29, 1.82) is 0 Å². The highest BCUT2D eigenvalue weighted by atomic mass is 32.2. The number of carbonyl (C=O) groups is 2. The van der Waals surface area contributed by atoms with Gasteiger partial charge in [-0.1, -0.05) is 0 Å². The van der Waals surface area contributed by atoms with Crippen LogP contribution in [0.5, 0.6) is 5.75 Å². The normalized spacial score (nSPS) is 25.2. The van der Waals surface area contributed by atoms with Gasteiger partial charge in [0.2, 0.25) is 0 Å². The van der Waals surface area contributed by atoms with Gasteiger partial charge in [-0.25, -0.2) is 14.6 Å². The number of aliphatic imine (C=N–C) groups is 1. The zero-order valence-electron chi connectivity index (χ0n) is 18.5. The van der Waals surface area contributed by atoms with E-state index in [1.807, 2.05) is 5.01 Å². The van der Waals surface area contributed by atoms with Crippen molar-refractivity contribution in [2.24, 2.45) is 4.99 Å². The molecule has 4 aliphatic heterocycles.